The number of rotatable bonds is 6. The van der Waals surface area contributed by atoms with E-state index in [1.54, 1.807) is 4.90 Å². The van der Waals surface area contributed by atoms with Gasteiger partial charge in [0.25, 0.3) is 0 Å². The Hall–Kier alpha value is -3.88. The molecule has 2 aromatic heterocycles. The third kappa shape index (κ3) is 5.23. The summed E-state index contributed by atoms with van der Waals surface area (Å²) in [7, 11) is 0. The lowest BCUT2D eigenvalue weighted by Gasteiger charge is -2.35. The summed E-state index contributed by atoms with van der Waals surface area (Å²) in [6.07, 6.45) is 0. The maximum absolute atomic E-state index is 12.7. The van der Waals surface area contributed by atoms with Crippen molar-refractivity contribution in [1.29, 1.82) is 0 Å². The number of anilines is 4. The number of aromatic nitrogens is 3. The first kappa shape index (κ1) is 21.4. The number of pyridine rings is 1. The lowest BCUT2D eigenvalue weighted by atomic mass is 10.3. The summed E-state index contributed by atoms with van der Waals surface area (Å²) >= 11 is 0. The predicted octanol–water partition coefficient (Wildman–Crippen LogP) is 3.68. The summed E-state index contributed by atoms with van der Waals surface area (Å²) in [4.78, 5) is 21.0. The minimum absolute atomic E-state index is 0.131. The standard InChI is InChI=1S/C23H27N7O2/c1-3-32-19-9-5-4-8-18(19)25-23(31)30-15-13-29(14-16-30)22-12-11-21(27-28-22)26-20-10-6-7-17(2)24-20/h4-12H,3,13-16H2,1-2H3,(H,25,31)(H,24,26,27). The van der Waals surface area contributed by atoms with Crippen LogP contribution in [0.3, 0.4) is 0 Å². The monoisotopic (exact) mass is 433 g/mol. The summed E-state index contributed by atoms with van der Waals surface area (Å²) in [5.41, 5.74) is 1.61. The van der Waals surface area contributed by atoms with E-state index in [0.29, 0.717) is 50.0 Å². The molecule has 0 unspecified atom stereocenters. The largest absolute Gasteiger partial charge is 0.492 e. The maximum atomic E-state index is 12.7. The highest BCUT2D eigenvalue weighted by atomic mass is 16.5. The predicted molar refractivity (Wildman–Crippen MR) is 125 cm³/mol. The topological polar surface area (TPSA) is 95.5 Å². The third-order valence-corrected chi connectivity index (χ3v) is 5.11. The van der Waals surface area contributed by atoms with Crippen molar-refractivity contribution in [3.63, 3.8) is 0 Å². The molecule has 1 aromatic carbocycles. The smallest absolute Gasteiger partial charge is 0.322 e. The Morgan fingerprint density at radius 3 is 2.50 bits per heavy atom. The SMILES string of the molecule is CCOc1ccccc1NC(=O)N1CCN(c2ccc(Nc3cccc(C)n3)nn2)CC1. The van der Waals surface area contributed by atoms with Crippen LogP contribution >= 0.6 is 0 Å². The number of benzene rings is 1. The molecule has 0 bridgehead atoms. The van der Waals surface area contributed by atoms with E-state index in [1.165, 1.54) is 0 Å². The molecule has 0 aliphatic carbocycles. The Labute approximate surface area is 187 Å². The van der Waals surface area contributed by atoms with E-state index in [1.807, 2.05) is 68.4 Å². The molecule has 1 aliphatic heterocycles. The molecule has 32 heavy (non-hydrogen) atoms. The Morgan fingerprint density at radius 2 is 1.78 bits per heavy atom. The number of piperazine rings is 1. The highest BCUT2D eigenvalue weighted by molar-refractivity contribution is 5.91. The molecular formula is C23H27N7O2. The van der Waals surface area contributed by atoms with Gasteiger partial charge in [-0.3, -0.25) is 0 Å². The van der Waals surface area contributed by atoms with Crippen molar-refractivity contribution >= 4 is 29.2 Å². The fourth-order valence-electron chi connectivity index (χ4n) is 3.49. The van der Waals surface area contributed by atoms with Gasteiger partial charge in [-0.1, -0.05) is 18.2 Å². The van der Waals surface area contributed by atoms with E-state index >= 15 is 0 Å². The molecule has 1 aliphatic rings. The minimum atomic E-state index is -0.131. The number of urea groups is 1. The van der Waals surface area contributed by atoms with Gasteiger partial charge in [-0.15, -0.1) is 10.2 Å². The quantitative estimate of drug-likeness (QED) is 0.612. The van der Waals surface area contributed by atoms with Gasteiger partial charge in [0, 0.05) is 31.9 Å². The van der Waals surface area contributed by atoms with Crippen molar-refractivity contribution in [3.8, 4) is 5.75 Å². The fraction of sp³-hybridized carbons (Fsp3) is 0.304. The van der Waals surface area contributed by atoms with Gasteiger partial charge in [0.2, 0.25) is 0 Å². The molecule has 0 atom stereocenters. The molecule has 3 heterocycles. The van der Waals surface area contributed by atoms with Gasteiger partial charge < -0.3 is 25.2 Å². The number of nitrogens with zero attached hydrogens (tertiary/aromatic N) is 5. The van der Waals surface area contributed by atoms with Crippen molar-refractivity contribution in [3.05, 3.63) is 60.3 Å². The van der Waals surface area contributed by atoms with Crippen molar-refractivity contribution in [1.82, 2.24) is 20.1 Å². The van der Waals surface area contributed by atoms with Crippen LogP contribution in [0, 0.1) is 6.92 Å². The molecule has 9 heteroatoms. The first-order chi connectivity index (χ1) is 15.6. The van der Waals surface area contributed by atoms with E-state index in [9.17, 15) is 4.79 Å². The van der Waals surface area contributed by atoms with Crippen LogP contribution in [-0.4, -0.2) is 58.9 Å². The zero-order chi connectivity index (χ0) is 22.3. The van der Waals surface area contributed by atoms with Crippen LogP contribution < -0.4 is 20.3 Å². The molecule has 9 nitrogen and oxygen atoms in total. The molecule has 166 valence electrons. The van der Waals surface area contributed by atoms with E-state index < -0.39 is 0 Å². The van der Waals surface area contributed by atoms with Crippen LogP contribution in [0.25, 0.3) is 0 Å². The van der Waals surface area contributed by atoms with E-state index in [-0.39, 0.29) is 6.03 Å². The van der Waals surface area contributed by atoms with Crippen molar-refractivity contribution < 1.29 is 9.53 Å². The number of nitrogens with one attached hydrogen (secondary N) is 2. The molecular weight excluding hydrogens is 406 g/mol. The summed E-state index contributed by atoms with van der Waals surface area (Å²) in [5.74, 6) is 2.83. The Bertz CT molecular complexity index is 1050. The van der Waals surface area contributed by atoms with E-state index in [4.69, 9.17) is 4.74 Å². The zero-order valence-electron chi connectivity index (χ0n) is 18.3. The van der Waals surface area contributed by atoms with Gasteiger partial charge >= 0.3 is 6.03 Å². The number of carbonyl (C=O) groups is 1. The Kier molecular flexibility index (Phi) is 6.64. The highest BCUT2D eigenvalue weighted by Crippen LogP contribution is 2.24. The van der Waals surface area contributed by atoms with E-state index in [2.05, 4.69) is 30.7 Å². The van der Waals surface area contributed by atoms with Gasteiger partial charge in [-0.05, 0) is 50.2 Å². The molecule has 2 amide bonds. The molecule has 2 N–H and O–H groups in total. The highest BCUT2D eigenvalue weighted by Gasteiger charge is 2.23. The second-order valence-electron chi connectivity index (χ2n) is 7.40. The number of ether oxygens (including phenoxy) is 1. The second kappa shape index (κ2) is 9.95. The maximum Gasteiger partial charge on any atom is 0.322 e. The van der Waals surface area contributed by atoms with Gasteiger partial charge in [0.05, 0.1) is 12.3 Å². The molecule has 0 radical (unpaired) electrons. The first-order valence-corrected chi connectivity index (χ1v) is 10.7. The zero-order valence-corrected chi connectivity index (χ0v) is 18.3. The van der Waals surface area contributed by atoms with Crippen molar-refractivity contribution in [2.24, 2.45) is 0 Å². The Morgan fingerprint density at radius 1 is 0.969 bits per heavy atom. The van der Waals surface area contributed by atoms with Crippen LogP contribution in [0.5, 0.6) is 5.75 Å². The average molecular weight is 434 g/mol. The number of hydrogen-bond acceptors (Lipinski definition) is 7. The summed E-state index contributed by atoms with van der Waals surface area (Å²) < 4.78 is 5.59. The first-order valence-electron chi connectivity index (χ1n) is 10.7. The van der Waals surface area contributed by atoms with Gasteiger partial charge in [-0.25, -0.2) is 9.78 Å². The number of hydrogen-bond donors (Lipinski definition) is 2. The molecule has 0 spiro atoms. The van der Waals surface area contributed by atoms with E-state index in [0.717, 1.165) is 17.3 Å². The summed E-state index contributed by atoms with van der Waals surface area (Å²) in [6.45, 7) is 6.96. The van der Waals surface area contributed by atoms with Crippen LogP contribution in [-0.2, 0) is 0 Å². The molecule has 1 saturated heterocycles. The van der Waals surface area contributed by atoms with Gasteiger partial charge in [0.1, 0.15) is 11.6 Å². The number of carbonyl (C=O) groups excluding carboxylic acids is 1. The fourth-order valence-corrected chi connectivity index (χ4v) is 3.49. The van der Waals surface area contributed by atoms with Gasteiger partial charge in [0.15, 0.2) is 11.6 Å². The molecule has 1 fully saturated rings. The normalized spacial score (nSPS) is 13.6. The van der Waals surface area contributed by atoms with Gasteiger partial charge in [-0.2, -0.15) is 0 Å². The molecule has 0 saturated carbocycles. The summed E-state index contributed by atoms with van der Waals surface area (Å²) in [5, 5.41) is 14.7. The number of amides is 2. The van der Waals surface area contributed by atoms with Crippen molar-refractivity contribution in [2.75, 3.05) is 48.3 Å². The minimum Gasteiger partial charge on any atom is -0.492 e. The lowest BCUT2D eigenvalue weighted by molar-refractivity contribution is 0.208. The van der Waals surface area contributed by atoms with Crippen LogP contribution in [0.4, 0.5) is 27.9 Å². The Balaban J connectivity index is 1.31. The average Bonchev–Trinajstić information content (AvgIpc) is 2.81. The lowest BCUT2D eigenvalue weighted by Crippen LogP contribution is -2.50. The van der Waals surface area contributed by atoms with Crippen LogP contribution in [0.2, 0.25) is 0 Å². The molecule has 4 rings (SSSR count). The number of para-hydroxylation sites is 2. The van der Waals surface area contributed by atoms with Crippen LogP contribution in [0.15, 0.2) is 54.6 Å². The third-order valence-electron chi connectivity index (χ3n) is 5.11. The second-order valence-corrected chi connectivity index (χ2v) is 7.40. The van der Waals surface area contributed by atoms with Crippen LogP contribution in [0.1, 0.15) is 12.6 Å². The summed E-state index contributed by atoms with van der Waals surface area (Å²) in [6, 6.07) is 16.9. The number of aryl methyl sites for hydroxylation is 1. The molecule has 3 aromatic rings. The van der Waals surface area contributed by atoms with Crippen molar-refractivity contribution in [2.45, 2.75) is 13.8 Å².